The van der Waals surface area contributed by atoms with Crippen molar-refractivity contribution < 1.29 is 9.53 Å². The lowest BCUT2D eigenvalue weighted by Crippen LogP contribution is -2.31. The minimum Gasteiger partial charge on any atom is -0.461 e. The minimum atomic E-state index is -0.368. The molecule has 0 N–H and O–H groups in total. The van der Waals surface area contributed by atoms with Crippen LogP contribution in [0.4, 0.5) is 5.82 Å². The Morgan fingerprint density at radius 3 is 2.75 bits per heavy atom. The van der Waals surface area contributed by atoms with Crippen LogP contribution in [0, 0.1) is 13.3 Å². The number of anilines is 1. The van der Waals surface area contributed by atoms with E-state index in [1.807, 2.05) is 6.92 Å². The van der Waals surface area contributed by atoms with Gasteiger partial charge in [-0.2, -0.15) is 0 Å². The number of esters is 1. The van der Waals surface area contributed by atoms with Crippen LogP contribution in [0.15, 0.2) is 0 Å². The summed E-state index contributed by atoms with van der Waals surface area (Å²) in [5.41, 5.74) is 1.14. The van der Waals surface area contributed by atoms with Crippen LogP contribution in [-0.4, -0.2) is 35.6 Å². The average Bonchev–Trinajstić information content (AvgIpc) is 2.48. The SMILES string of the molecule is CCCCOC(=O)c1n[c]nc(N2CCCCC2)c1C. The van der Waals surface area contributed by atoms with Crippen LogP contribution < -0.4 is 4.90 Å². The molecule has 1 radical (unpaired) electrons. The topological polar surface area (TPSA) is 55.3 Å². The van der Waals surface area contributed by atoms with Gasteiger partial charge in [-0.15, -0.1) is 0 Å². The maximum Gasteiger partial charge on any atom is 0.357 e. The predicted molar refractivity (Wildman–Crippen MR) is 76.9 cm³/mol. The van der Waals surface area contributed by atoms with Crippen molar-refractivity contribution in [2.45, 2.75) is 46.0 Å². The van der Waals surface area contributed by atoms with E-state index >= 15 is 0 Å². The third-order valence-corrected chi connectivity index (χ3v) is 3.59. The quantitative estimate of drug-likeness (QED) is 0.611. The third-order valence-electron chi connectivity index (χ3n) is 3.59. The van der Waals surface area contributed by atoms with Crippen molar-refractivity contribution in [2.75, 3.05) is 24.6 Å². The van der Waals surface area contributed by atoms with Gasteiger partial charge in [-0.3, -0.25) is 0 Å². The number of aromatic nitrogens is 2. The molecule has 1 aromatic heterocycles. The van der Waals surface area contributed by atoms with Gasteiger partial charge in [0.15, 0.2) is 5.69 Å². The molecule has 1 aliphatic heterocycles. The van der Waals surface area contributed by atoms with Gasteiger partial charge in [0, 0.05) is 18.7 Å². The van der Waals surface area contributed by atoms with Crippen LogP contribution in [0.1, 0.15) is 55.1 Å². The summed E-state index contributed by atoms with van der Waals surface area (Å²) in [6.45, 7) is 6.35. The highest BCUT2D eigenvalue weighted by atomic mass is 16.5. The summed E-state index contributed by atoms with van der Waals surface area (Å²) < 4.78 is 5.22. The van der Waals surface area contributed by atoms with Gasteiger partial charge >= 0.3 is 5.97 Å². The van der Waals surface area contributed by atoms with E-state index < -0.39 is 0 Å². The Bertz CT molecular complexity index is 456. The fourth-order valence-corrected chi connectivity index (χ4v) is 2.39. The van der Waals surface area contributed by atoms with E-state index in [2.05, 4.69) is 28.1 Å². The summed E-state index contributed by atoms with van der Waals surface area (Å²) in [5.74, 6) is 0.454. The largest absolute Gasteiger partial charge is 0.461 e. The van der Waals surface area contributed by atoms with Crippen molar-refractivity contribution in [3.05, 3.63) is 17.6 Å². The summed E-state index contributed by atoms with van der Waals surface area (Å²) >= 11 is 0. The lowest BCUT2D eigenvalue weighted by molar-refractivity contribution is 0.0491. The molecule has 0 saturated carbocycles. The summed E-state index contributed by atoms with van der Waals surface area (Å²) in [7, 11) is 0. The van der Waals surface area contributed by atoms with Gasteiger partial charge in [-0.25, -0.2) is 14.8 Å². The second kappa shape index (κ2) is 7.22. The first-order chi connectivity index (χ1) is 9.74. The van der Waals surface area contributed by atoms with E-state index in [1.54, 1.807) is 0 Å². The summed E-state index contributed by atoms with van der Waals surface area (Å²) in [5, 5.41) is 0. The molecule has 5 nitrogen and oxygen atoms in total. The number of hydrogen-bond donors (Lipinski definition) is 0. The molecular weight excluding hydrogens is 254 g/mol. The molecule has 1 fully saturated rings. The van der Waals surface area contributed by atoms with E-state index in [4.69, 9.17) is 4.74 Å². The zero-order valence-corrected chi connectivity index (χ0v) is 12.3. The molecule has 1 aromatic rings. The Morgan fingerprint density at radius 2 is 2.05 bits per heavy atom. The van der Waals surface area contributed by atoms with Crippen LogP contribution in [-0.2, 0) is 4.74 Å². The highest BCUT2D eigenvalue weighted by molar-refractivity contribution is 5.90. The van der Waals surface area contributed by atoms with Crippen LogP contribution in [0.25, 0.3) is 0 Å². The highest BCUT2D eigenvalue weighted by Gasteiger charge is 2.20. The van der Waals surface area contributed by atoms with Crippen LogP contribution in [0.3, 0.4) is 0 Å². The second-order valence-corrected chi connectivity index (χ2v) is 5.16. The Hall–Kier alpha value is -1.65. The Kier molecular flexibility index (Phi) is 5.32. The standard InChI is InChI=1S/C15H22N3O2/c1-3-4-10-20-15(19)13-12(2)14(17-11-16-13)18-8-6-5-7-9-18/h3-10H2,1-2H3. The molecule has 0 atom stereocenters. The number of hydrogen-bond acceptors (Lipinski definition) is 5. The van der Waals surface area contributed by atoms with Gasteiger partial charge in [0.2, 0.25) is 6.33 Å². The predicted octanol–water partition coefficient (Wildman–Crippen LogP) is 2.53. The number of unbranched alkanes of at least 4 members (excludes halogenated alkanes) is 1. The third kappa shape index (κ3) is 3.46. The smallest absolute Gasteiger partial charge is 0.357 e. The van der Waals surface area contributed by atoms with Gasteiger partial charge in [-0.05, 0) is 32.6 Å². The number of piperidine rings is 1. The van der Waals surface area contributed by atoms with Crippen molar-refractivity contribution in [3.63, 3.8) is 0 Å². The van der Waals surface area contributed by atoms with Crippen molar-refractivity contribution in [3.8, 4) is 0 Å². The maximum absolute atomic E-state index is 12.0. The monoisotopic (exact) mass is 276 g/mol. The van der Waals surface area contributed by atoms with E-state index in [9.17, 15) is 4.79 Å². The molecule has 1 aliphatic rings. The van der Waals surface area contributed by atoms with E-state index in [0.29, 0.717) is 12.3 Å². The molecule has 5 heteroatoms. The maximum atomic E-state index is 12.0. The number of rotatable bonds is 5. The van der Waals surface area contributed by atoms with Gasteiger partial charge in [0.05, 0.1) is 6.61 Å². The Balaban J connectivity index is 2.11. The van der Waals surface area contributed by atoms with Crippen molar-refractivity contribution >= 4 is 11.8 Å². The second-order valence-electron chi connectivity index (χ2n) is 5.16. The molecule has 0 bridgehead atoms. The van der Waals surface area contributed by atoms with Gasteiger partial charge in [0.1, 0.15) is 5.82 Å². The minimum absolute atomic E-state index is 0.344. The molecule has 0 unspecified atom stereocenters. The van der Waals surface area contributed by atoms with E-state index in [1.165, 1.54) is 19.3 Å². The van der Waals surface area contributed by atoms with Gasteiger partial charge < -0.3 is 9.64 Å². The molecule has 0 aliphatic carbocycles. The Morgan fingerprint density at radius 1 is 1.30 bits per heavy atom. The summed E-state index contributed by atoms with van der Waals surface area (Å²) in [6, 6.07) is 0. The molecule has 0 spiro atoms. The molecule has 1 saturated heterocycles. The normalized spacial score (nSPS) is 15.2. The Labute approximate surface area is 120 Å². The summed E-state index contributed by atoms with van der Waals surface area (Å²) in [6.07, 6.45) is 8.06. The number of nitrogens with zero attached hydrogens (tertiary/aromatic N) is 3. The molecular formula is C15H22N3O2. The molecule has 2 heterocycles. The zero-order valence-electron chi connectivity index (χ0n) is 12.3. The highest BCUT2D eigenvalue weighted by Crippen LogP contribution is 2.22. The first kappa shape index (κ1) is 14.8. The molecule has 2 rings (SSSR count). The van der Waals surface area contributed by atoms with Crippen molar-refractivity contribution in [1.82, 2.24) is 9.97 Å². The van der Waals surface area contributed by atoms with Crippen molar-refractivity contribution in [1.29, 1.82) is 0 Å². The van der Waals surface area contributed by atoms with Crippen LogP contribution in [0.5, 0.6) is 0 Å². The first-order valence-corrected chi connectivity index (χ1v) is 7.40. The molecule has 0 amide bonds. The van der Waals surface area contributed by atoms with Crippen LogP contribution >= 0.6 is 0 Å². The number of carbonyl (C=O) groups excluding carboxylic acids is 1. The lowest BCUT2D eigenvalue weighted by atomic mass is 10.1. The number of ether oxygens (including phenoxy) is 1. The van der Waals surface area contributed by atoms with Crippen molar-refractivity contribution in [2.24, 2.45) is 0 Å². The fraction of sp³-hybridized carbons (Fsp3) is 0.667. The molecule has 20 heavy (non-hydrogen) atoms. The zero-order chi connectivity index (χ0) is 14.4. The number of carbonyl (C=O) groups is 1. The average molecular weight is 276 g/mol. The van der Waals surface area contributed by atoms with Crippen LogP contribution in [0.2, 0.25) is 0 Å². The lowest BCUT2D eigenvalue weighted by Gasteiger charge is -2.28. The fourth-order valence-electron chi connectivity index (χ4n) is 2.39. The van der Waals surface area contributed by atoms with E-state index in [0.717, 1.165) is 37.3 Å². The first-order valence-electron chi connectivity index (χ1n) is 7.40. The summed E-state index contributed by atoms with van der Waals surface area (Å²) in [4.78, 5) is 22.4. The van der Waals surface area contributed by atoms with E-state index in [-0.39, 0.29) is 5.97 Å². The van der Waals surface area contributed by atoms with Gasteiger partial charge in [-0.1, -0.05) is 13.3 Å². The molecule has 0 aromatic carbocycles. The molecule has 109 valence electrons. The van der Waals surface area contributed by atoms with Gasteiger partial charge in [0.25, 0.3) is 0 Å².